The number of rotatable bonds is 5. The third kappa shape index (κ3) is 3.92. The van der Waals surface area contributed by atoms with E-state index in [2.05, 4.69) is 5.32 Å². The number of nitrogens with one attached hydrogen (secondary N) is 1. The molecule has 0 aliphatic rings. The molecular formula is C17H19ClN2O2. The first-order valence-electron chi connectivity index (χ1n) is 6.89. The van der Waals surface area contributed by atoms with Crippen LogP contribution in [0.2, 0.25) is 5.02 Å². The SMILES string of the molecule is COc1cccc(CNc2cc(Cl)ccc2C(=O)N(C)C)c1. The van der Waals surface area contributed by atoms with Crippen molar-refractivity contribution < 1.29 is 9.53 Å². The summed E-state index contributed by atoms with van der Waals surface area (Å²) in [5.74, 6) is 0.736. The zero-order chi connectivity index (χ0) is 16.1. The highest BCUT2D eigenvalue weighted by molar-refractivity contribution is 6.31. The summed E-state index contributed by atoms with van der Waals surface area (Å²) in [6, 6.07) is 13.0. The van der Waals surface area contributed by atoms with Crippen LogP contribution in [0.15, 0.2) is 42.5 Å². The fourth-order valence-corrected chi connectivity index (χ4v) is 2.24. The normalized spacial score (nSPS) is 10.2. The molecule has 0 unspecified atom stereocenters. The molecule has 0 aliphatic carbocycles. The average Bonchev–Trinajstić information content (AvgIpc) is 2.52. The molecule has 0 aromatic heterocycles. The van der Waals surface area contributed by atoms with E-state index >= 15 is 0 Å². The van der Waals surface area contributed by atoms with Crippen molar-refractivity contribution in [2.75, 3.05) is 26.5 Å². The Kier molecular flexibility index (Phi) is 5.28. The van der Waals surface area contributed by atoms with Gasteiger partial charge in [-0.2, -0.15) is 0 Å². The van der Waals surface area contributed by atoms with Crippen LogP contribution in [0, 0.1) is 0 Å². The fourth-order valence-electron chi connectivity index (χ4n) is 2.07. The predicted octanol–water partition coefficient (Wildman–Crippen LogP) is 3.66. The molecule has 0 saturated heterocycles. The number of hydrogen-bond donors (Lipinski definition) is 1. The van der Waals surface area contributed by atoms with Gasteiger partial charge in [0.05, 0.1) is 12.7 Å². The summed E-state index contributed by atoms with van der Waals surface area (Å²) in [7, 11) is 5.09. The van der Waals surface area contributed by atoms with Gasteiger partial charge in [-0.15, -0.1) is 0 Å². The van der Waals surface area contributed by atoms with Crippen LogP contribution in [-0.2, 0) is 6.54 Å². The summed E-state index contributed by atoms with van der Waals surface area (Å²) < 4.78 is 5.21. The highest BCUT2D eigenvalue weighted by Crippen LogP contribution is 2.23. The van der Waals surface area contributed by atoms with E-state index in [4.69, 9.17) is 16.3 Å². The van der Waals surface area contributed by atoms with E-state index in [1.54, 1.807) is 44.3 Å². The van der Waals surface area contributed by atoms with Gasteiger partial charge < -0.3 is 15.0 Å². The van der Waals surface area contributed by atoms with Crippen LogP contribution in [0.1, 0.15) is 15.9 Å². The molecule has 2 aromatic rings. The van der Waals surface area contributed by atoms with Crippen molar-refractivity contribution in [1.29, 1.82) is 0 Å². The van der Waals surface area contributed by atoms with Crippen LogP contribution < -0.4 is 10.1 Å². The molecule has 1 amide bonds. The summed E-state index contributed by atoms with van der Waals surface area (Å²) in [6.07, 6.45) is 0. The Morgan fingerprint density at radius 2 is 2.00 bits per heavy atom. The Labute approximate surface area is 135 Å². The lowest BCUT2D eigenvalue weighted by molar-refractivity contribution is 0.0828. The highest BCUT2D eigenvalue weighted by atomic mass is 35.5. The van der Waals surface area contributed by atoms with Gasteiger partial charge in [0.1, 0.15) is 5.75 Å². The van der Waals surface area contributed by atoms with Crippen LogP contribution in [0.5, 0.6) is 5.75 Å². The number of ether oxygens (including phenoxy) is 1. The first kappa shape index (κ1) is 16.2. The first-order valence-corrected chi connectivity index (χ1v) is 7.27. The lowest BCUT2D eigenvalue weighted by Gasteiger charge is -2.16. The minimum absolute atomic E-state index is 0.0650. The molecule has 0 radical (unpaired) electrons. The lowest BCUT2D eigenvalue weighted by Crippen LogP contribution is -2.23. The van der Waals surface area contributed by atoms with E-state index in [0.717, 1.165) is 11.3 Å². The van der Waals surface area contributed by atoms with Gasteiger partial charge in [-0.3, -0.25) is 4.79 Å². The van der Waals surface area contributed by atoms with E-state index in [-0.39, 0.29) is 5.91 Å². The second-order valence-electron chi connectivity index (χ2n) is 5.09. The first-order chi connectivity index (χ1) is 10.5. The zero-order valence-electron chi connectivity index (χ0n) is 12.9. The number of methoxy groups -OCH3 is 1. The molecule has 0 bridgehead atoms. The van der Waals surface area contributed by atoms with Gasteiger partial charge in [0.2, 0.25) is 0 Å². The average molecular weight is 319 g/mol. The number of hydrogen-bond acceptors (Lipinski definition) is 3. The van der Waals surface area contributed by atoms with Crippen LogP contribution in [0.3, 0.4) is 0 Å². The Morgan fingerprint density at radius 3 is 2.68 bits per heavy atom. The highest BCUT2D eigenvalue weighted by Gasteiger charge is 2.13. The van der Waals surface area contributed by atoms with Crippen molar-refractivity contribution in [3.63, 3.8) is 0 Å². The van der Waals surface area contributed by atoms with Gasteiger partial charge in [-0.25, -0.2) is 0 Å². The van der Waals surface area contributed by atoms with Crippen molar-refractivity contribution >= 4 is 23.2 Å². The van der Waals surface area contributed by atoms with Gasteiger partial charge >= 0.3 is 0 Å². The predicted molar refractivity (Wildman–Crippen MR) is 89.8 cm³/mol. The molecule has 0 aliphatic heterocycles. The number of amides is 1. The molecule has 2 aromatic carbocycles. The largest absolute Gasteiger partial charge is 0.497 e. The number of carbonyl (C=O) groups is 1. The van der Waals surface area contributed by atoms with E-state index in [9.17, 15) is 4.79 Å². The Morgan fingerprint density at radius 1 is 1.23 bits per heavy atom. The number of carbonyl (C=O) groups excluding carboxylic acids is 1. The third-order valence-corrected chi connectivity index (χ3v) is 3.47. The van der Waals surface area contributed by atoms with Crippen molar-refractivity contribution in [3.8, 4) is 5.75 Å². The van der Waals surface area contributed by atoms with E-state index in [1.807, 2.05) is 24.3 Å². The summed E-state index contributed by atoms with van der Waals surface area (Å²) in [5.41, 5.74) is 2.37. The number of anilines is 1. The molecular weight excluding hydrogens is 300 g/mol. The maximum absolute atomic E-state index is 12.2. The smallest absolute Gasteiger partial charge is 0.255 e. The molecule has 116 valence electrons. The molecule has 0 spiro atoms. The summed E-state index contributed by atoms with van der Waals surface area (Å²) >= 11 is 6.05. The van der Waals surface area contributed by atoms with Crippen molar-refractivity contribution in [2.24, 2.45) is 0 Å². The van der Waals surface area contributed by atoms with Crippen molar-refractivity contribution in [1.82, 2.24) is 4.90 Å². The molecule has 5 heteroatoms. The minimum atomic E-state index is -0.0650. The van der Waals surface area contributed by atoms with E-state index in [0.29, 0.717) is 22.8 Å². The van der Waals surface area contributed by atoms with Crippen molar-refractivity contribution in [2.45, 2.75) is 6.54 Å². The molecule has 0 atom stereocenters. The molecule has 2 rings (SSSR count). The number of halogens is 1. The standard InChI is InChI=1S/C17H19ClN2O2/c1-20(2)17(21)15-8-7-13(18)10-16(15)19-11-12-5-4-6-14(9-12)22-3/h4-10,19H,11H2,1-3H3. The van der Waals surface area contributed by atoms with Gasteiger partial charge in [0.25, 0.3) is 5.91 Å². The zero-order valence-corrected chi connectivity index (χ0v) is 13.6. The van der Waals surface area contributed by atoms with Gasteiger partial charge in [0.15, 0.2) is 0 Å². The molecule has 22 heavy (non-hydrogen) atoms. The Balaban J connectivity index is 2.21. The van der Waals surface area contributed by atoms with Crippen LogP contribution in [0.4, 0.5) is 5.69 Å². The van der Waals surface area contributed by atoms with E-state index in [1.165, 1.54) is 0 Å². The van der Waals surface area contributed by atoms with Crippen molar-refractivity contribution in [3.05, 3.63) is 58.6 Å². The van der Waals surface area contributed by atoms with Gasteiger partial charge in [-0.05, 0) is 35.9 Å². The second-order valence-corrected chi connectivity index (χ2v) is 5.53. The van der Waals surface area contributed by atoms with Crippen LogP contribution in [-0.4, -0.2) is 32.0 Å². The lowest BCUT2D eigenvalue weighted by atomic mass is 10.1. The quantitative estimate of drug-likeness (QED) is 0.914. The van der Waals surface area contributed by atoms with Gasteiger partial charge in [-0.1, -0.05) is 23.7 Å². The monoisotopic (exact) mass is 318 g/mol. The second kappa shape index (κ2) is 7.18. The summed E-state index contributed by atoms with van der Waals surface area (Å²) in [4.78, 5) is 13.8. The molecule has 0 fully saturated rings. The number of nitrogens with zero attached hydrogens (tertiary/aromatic N) is 1. The maximum atomic E-state index is 12.2. The van der Waals surface area contributed by atoms with Gasteiger partial charge in [0, 0.05) is 31.4 Å². The van der Waals surface area contributed by atoms with E-state index < -0.39 is 0 Å². The topological polar surface area (TPSA) is 41.6 Å². The van der Waals surface area contributed by atoms with Crippen LogP contribution >= 0.6 is 11.6 Å². The summed E-state index contributed by atoms with van der Waals surface area (Å²) in [6.45, 7) is 0.575. The third-order valence-electron chi connectivity index (χ3n) is 3.24. The fraction of sp³-hybridized carbons (Fsp3) is 0.235. The van der Waals surface area contributed by atoms with Crippen LogP contribution in [0.25, 0.3) is 0 Å². The minimum Gasteiger partial charge on any atom is -0.497 e. The maximum Gasteiger partial charge on any atom is 0.255 e. The molecule has 1 N–H and O–H groups in total. The molecule has 4 nitrogen and oxygen atoms in total. The summed E-state index contributed by atoms with van der Waals surface area (Å²) in [5, 5.41) is 3.86. The molecule has 0 saturated carbocycles. The Hall–Kier alpha value is -2.20. The Bertz CT molecular complexity index is 671. The molecule has 0 heterocycles. The number of benzene rings is 2.